The van der Waals surface area contributed by atoms with E-state index in [2.05, 4.69) is 38.1 Å². The van der Waals surface area contributed by atoms with Crippen molar-refractivity contribution in [2.75, 3.05) is 0 Å². The predicted octanol–water partition coefficient (Wildman–Crippen LogP) is 3.34. The Morgan fingerprint density at radius 3 is 2.56 bits per heavy atom. The topological polar surface area (TPSA) is 35.2 Å². The van der Waals surface area contributed by atoms with Gasteiger partial charge in [0, 0.05) is 6.54 Å². The molecular formula is C16H19NO. The minimum Gasteiger partial charge on any atom is -0.489 e. The Bertz CT molecular complexity index is 534. The molecule has 0 heterocycles. The summed E-state index contributed by atoms with van der Waals surface area (Å²) in [6.07, 6.45) is 0. The smallest absolute Gasteiger partial charge is 0.120 e. The zero-order valence-corrected chi connectivity index (χ0v) is 10.9. The number of hydrogen-bond donors (Lipinski definition) is 1. The van der Waals surface area contributed by atoms with Crippen LogP contribution in [0, 0.1) is 13.8 Å². The normalized spacial score (nSPS) is 10.4. The van der Waals surface area contributed by atoms with Crippen LogP contribution in [0.5, 0.6) is 5.75 Å². The lowest BCUT2D eigenvalue weighted by molar-refractivity contribution is 0.305. The maximum absolute atomic E-state index is 5.80. The van der Waals surface area contributed by atoms with Gasteiger partial charge in [0.1, 0.15) is 12.4 Å². The van der Waals surface area contributed by atoms with Gasteiger partial charge in [0.05, 0.1) is 0 Å². The van der Waals surface area contributed by atoms with Gasteiger partial charge in [-0.3, -0.25) is 0 Å². The van der Waals surface area contributed by atoms with E-state index in [4.69, 9.17) is 10.5 Å². The van der Waals surface area contributed by atoms with Crippen molar-refractivity contribution in [2.45, 2.75) is 27.0 Å². The molecule has 0 bridgehead atoms. The Labute approximate surface area is 108 Å². The molecule has 0 aliphatic heterocycles. The number of nitrogens with two attached hydrogens (primary N) is 1. The first-order valence-corrected chi connectivity index (χ1v) is 6.17. The predicted molar refractivity (Wildman–Crippen MR) is 74.6 cm³/mol. The second-order valence-electron chi connectivity index (χ2n) is 4.57. The van der Waals surface area contributed by atoms with Crippen molar-refractivity contribution in [1.82, 2.24) is 0 Å². The van der Waals surface area contributed by atoms with Gasteiger partial charge in [-0.25, -0.2) is 0 Å². The standard InChI is InChI=1S/C16H19NO/c1-12-4-3-5-16(8-12)18-11-15-7-6-14(10-17)9-13(15)2/h3-9H,10-11,17H2,1-2H3. The second-order valence-corrected chi connectivity index (χ2v) is 4.57. The fraction of sp³-hybridized carbons (Fsp3) is 0.250. The van der Waals surface area contributed by atoms with E-state index in [1.54, 1.807) is 0 Å². The molecule has 0 aromatic heterocycles. The molecule has 0 spiro atoms. The molecular weight excluding hydrogens is 222 g/mol. The molecule has 0 fully saturated rings. The number of aryl methyl sites for hydroxylation is 2. The van der Waals surface area contributed by atoms with Crippen LogP contribution in [0.15, 0.2) is 42.5 Å². The zero-order valence-electron chi connectivity index (χ0n) is 10.9. The average molecular weight is 241 g/mol. The van der Waals surface area contributed by atoms with Crippen LogP contribution in [-0.2, 0) is 13.2 Å². The Kier molecular flexibility index (Phi) is 4.00. The van der Waals surface area contributed by atoms with Gasteiger partial charge >= 0.3 is 0 Å². The van der Waals surface area contributed by atoms with Crippen LogP contribution in [0.4, 0.5) is 0 Å². The molecule has 0 radical (unpaired) electrons. The van der Waals surface area contributed by atoms with Crippen molar-refractivity contribution < 1.29 is 4.74 Å². The molecule has 2 aromatic rings. The number of ether oxygens (including phenoxy) is 1. The Balaban J connectivity index is 2.06. The molecule has 0 aliphatic carbocycles. The molecule has 0 aliphatic rings. The summed E-state index contributed by atoms with van der Waals surface area (Å²) in [6, 6.07) is 14.4. The maximum atomic E-state index is 5.80. The molecule has 18 heavy (non-hydrogen) atoms. The van der Waals surface area contributed by atoms with E-state index in [-0.39, 0.29) is 0 Å². The van der Waals surface area contributed by atoms with Crippen molar-refractivity contribution in [2.24, 2.45) is 5.73 Å². The highest BCUT2D eigenvalue weighted by molar-refractivity contribution is 5.32. The van der Waals surface area contributed by atoms with Crippen LogP contribution in [0.25, 0.3) is 0 Å². The van der Waals surface area contributed by atoms with Gasteiger partial charge in [0.2, 0.25) is 0 Å². The summed E-state index contributed by atoms with van der Waals surface area (Å²) < 4.78 is 5.80. The summed E-state index contributed by atoms with van der Waals surface area (Å²) in [7, 11) is 0. The number of benzene rings is 2. The van der Waals surface area contributed by atoms with Gasteiger partial charge in [-0.05, 0) is 48.2 Å². The summed E-state index contributed by atoms with van der Waals surface area (Å²) in [5.41, 5.74) is 10.4. The van der Waals surface area contributed by atoms with Gasteiger partial charge in [-0.1, -0.05) is 30.3 Å². The summed E-state index contributed by atoms with van der Waals surface area (Å²) in [5.74, 6) is 0.914. The Morgan fingerprint density at radius 2 is 1.89 bits per heavy atom. The maximum Gasteiger partial charge on any atom is 0.120 e. The van der Waals surface area contributed by atoms with Gasteiger partial charge in [-0.15, -0.1) is 0 Å². The molecule has 2 N–H and O–H groups in total. The van der Waals surface area contributed by atoms with E-state index in [1.807, 2.05) is 18.2 Å². The third-order valence-corrected chi connectivity index (χ3v) is 3.03. The highest BCUT2D eigenvalue weighted by atomic mass is 16.5. The second kappa shape index (κ2) is 5.69. The van der Waals surface area contributed by atoms with Crippen molar-refractivity contribution in [3.8, 4) is 5.75 Å². The Hall–Kier alpha value is -1.80. The zero-order chi connectivity index (χ0) is 13.0. The lowest BCUT2D eigenvalue weighted by atomic mass is 10.1. The summed E-state index contributed by atoms with van der Waals surface area (Å²) >= 11 is 0. The molecule has 2 rings (SSSR count). The van der Waals surface area contributed by atoms with Gasteiger partial charge < -0.3 is 10.5 Å². The van der Waals surface area contributed by atoms with E-state index in [0.717, 1.165) is 11.3 Å². The summed E-state index contributed by atoms with van der Waals surface area (Å²) in [4.78, 5) is 0. The van der Waals surface area contributed by atoms with Crippen LogP contribution in [0.3, 0.4) is 0 Å². The largest absolute Gasteiger partial charge is 0.489 e. The summed E-state index contributed by atoms with van der Waals surface area (Å²) in [5, 5.41) is 0. The van der Waals surface area contributed by atoms with Crippen LogP contribution in [-0.4, -0.2) is 0 Å². The van der Waals surface area contributed by atoms with Crippen LogP contribution < -0.4 is 10.5 Å². The first kappa shape index (κ1) is 12.7. The molecule has 0 atom stereocenters. The van der Waals surface area contributed by atoms with Gasteiger partial charge in [-0.2, -0.15) is 0 Å². The highest BCUT2D eigenvalue weighted by Crippen LogP contribution is 2.17. The Morgan fingerprint density at radius 1 is 1.06 bits per heavy atom. The van der Waals surface area contributed by atoms with E-state index in [1.165, 1.54) is 16.7 Å². The fourth-order valence-corrected chi connectivity index (χ4v) is 1.91. The highest BCUT2D eigenvalue weighted by Gasteiger charge is 2.01. The van der Waals surface area contributed by atoms with E-state index >= 15 is 0 Å². The fourth-order valence-electron chi connectivity index (χ4n) is 1.91. The van der Waals surface area contributed by atoms with Crippen LogP contribution in [0.2, 0.25) is 0 Å². The monoisotopic (exact) mass is 241 g/mol. The number of rotatable bonds is 4. The molecule has 0 saturated heterocycles. The van der Waals surface area contributed by atoms with Gasteiger partial charge in [0.15, 0.2) is 0 Å². The van der Waals surface area contributed by atoms with Crippen LogP contribution in [0.1, 0.15) is 22.3 Å². The number of hydrogen-bond acceptors (Lipinski definition) is 2. The quantitative estimate of drug-likeness (QED) is 0.891. The van der Waals surface area contributed by atoms with Crippen molar-refractivity contribution in [3.05, 3.63) is 64.7 Å². The van der Waals surface area contributed by atoms with E-state index < -0.39 is 0 Å². The van der Waals surface area contributed by atoms with E-state index in [0.29, 0.717) is 13.2 Å². The molecule has 94 valence electrons. The minimum atomic E-state index is 0.583. The molecule has 0 saturated carbocycles. The molecule has 2 heteroatoms. The van der Waals surface area contributed by atoms with Crippen molar-refractivity contribution in [1.29, 1.82) is 0 Å². The molecule has 2 aromatic carbocycles. The van der Waals surface area contributed by atoms with Crippen molar-refractivity contribution in [3.63, 3.8) is 0 Å². The lowest BCUT2D eigenvalue weighted by Crippen LogP contribution is -2.01. The van der Waals surface area contributed by atoms with Crippen molar-refractivity contribution >= 4 is 0 Å². The average Bonchev–Trinajstić information content (AvgIpc) is 2.37. The SMILES string of the molecule is Cc1cccc(OCc2ccc(CN)cc2C)c1. The third kappa shape index (κ3) is 3.11. The summed E-state index contributed by atoms with van der Waals surface area (Å²) in [6.45, 7) is 5.34. The molecule has 0 amide bonds. The first-order chi connectivity index (χ1) is 8.69. The minimum absolute atomic E-state index is 0.583. The van der Waals surface area contributed by atoms with E-state index in [9.17, 15) is 0 Å². The molecule has 0 unspecified atom stereocenters. The molecule has 2 nitrogen and oxygen atoms in total. The van der Waals surface area contributed by atoms with Gasteiger partial charge in [0.25, 0.3) is 0 Å². The lowest BCUT2D eigenvalue weighted by Gasteiger charge is -2.10. The van der Waals surface area contributed by atoms with Crippen LogP contribution >= 0.6 is 0 Å². The first-order valence-electron chi connectivity index (χ1n) is 6.17. The third-order valence-electron chi connectivity index (χ3n) is 3.03.